The number of carbonyl (C=O) groups is 2. The van der Waals surface area contributed by atoms with E-state index in [1.54, 1.807) is 18.4 Å². The predicted molar refractivity (Wildman–Crippen MR) is 131 cm³/mol. The Kier molecular flexibility index (Phi) is 9.14. The van der Waals surface area contributed by atoms with Gasteiger partial charge in [0.1, 0.15) is 18.9 Å². The molecule has 0 aliphatic carbocycles. The summed E-state index contributed by atoms with van der Waals surface area (Å²) in [7, 11) is 1.58. The molecule has 180 valence electrons. The van der Waals surface area contributed by atoms with E-state index in [1.807, 2.05) is 24.0 Å². The molecule has 7 nitrogen and oxygen atoms in total. The number of urea groups is 1. The smallest absolute Gasteiger partial charge is 0.317 e. The topological polar surface area (TPSA) is 71.1 Å². The van der Waals surface area contributed by atoms with Gasteiger partial charge in [0.15, 0.2) is 0 Å². The fraction of sp³-hybridized carbons (Fsp3) is 0.520. The number of hydrogen-bond acceptors (Lipinski definition) is 5. The molecular formula is C25H35N3O4S. The monoisotopic (exact) mass is 473 g/mol. The third kappa shape index (κ3) is 6.48. The highest BCUT2D eigenvalue weighted by Crippen LogP contribution is 2.34. The number of amides is 3. The fourth-order valence-electron chi connectivity index (χ4n) is 3.97. The first-order chi connectivity index (χ1) is 15.9. The van der Waals surface area contributed by atoms with Gasteiger partial charge in [0, 0.05) is 31.6 Å². The summed E-state index contributed by atoms with van der Waals surface area (Å²) in [5.41, 5.74) is 2.40. The first-order valence-electron chi connectivity index (χ1n) is 11.5. The summed E-state index contributed by atoms with van der Waals surface area (Å²) in [6.07, 6.45) is 0.817. The van der Waals surface area contributed by atoms with E-state index < -0.39 is 0 Å². The molecule has 2 aromatic rings. The van der Waals surface area contributed by atoms with Crippen LogP contribution in [-0.2, 0) is 16.0 Å². The van der Waals surface area contributed by atoms with E-state index in [0.29, 0.717) is 38.8 Å². The maximum Gasteiger partial charge on any atom is 0.317 e. The average molecular weight is 474 g/mol. The van der Waals surface area contributed by atoms with Crippen LogP contribution in [0.3, 0.4) is 0 Å². The molecule has 0 radical (unpaired) electrons. The summed E-state index contributed by atoms with van der Waals surface area (Å²) in [4.78, 5) is 30.5. The quantitative estimate of drug-likeness (QED) is 0.565. The molecule has 8 heteroatoms. The molecule has 0 saturated carbocycles. The van der Waals surface area contributed by atoms with E-state index in [-0.39, 0.29) is 24.5 Å². The molecule has 33 heavy (non-hydrogen) atoms. The van der Waals surface area contributed by atoms with Gasteiger partial charge in [-0.15, -0.1) is 11.3 Å². The van der Waals surface area contributed by atoms with E-state index in [1.165, 1.54) is 15.3 Å². The van der Waals surface area contributed by atoms with Gasteiger partial charge in [0.2, 0.25) is 5.91 Å². The normalized spacial score (nSPS) is 15.3. The number of rotatable bonds is 10. The van der Waals surface area contributed by atoms with Crippen LogP contribution in [-0.4, -0.2) is 68.2 Å². The van der Waals surface area contributed by atoms with Crippen LogP contribution in [0.4, 0.5) is 4.79 Å². The van der Waals surface area contributed by atoms with Crippen LogP contribution < -0.4 is 10.1 Å². The molecule has 0 fully saturated rings. The number of methoxy groups -OCH3 is 1. The molecule has 0 saturated heterocycles. The standard InChI is InChI=1S/C25H35N3O4S/c1-5-26-25(30)27(13-14-31-4)16-24(29)28-12-10-23-21(11-15-33-23)22(28)17-32-20-8-6-19(7-9-20)18(2)3/h6-9,11,15,18,22H,5,10,12-14,16-17H2,1-4H3,(H,26,30). The van der Waals surface area contributed by atoms with Gasteiger partial charge < -0.3 is 24.6 Å². The lowest BCUT2D eigenvalue weighted by molar-refractivity contribution is -0.135. The lowest BCUT2D eigenvalue weighted by Gasteiger charge is -2.37. The molecular weight excluding hydrogens is 438 g/mol. The van der Waals surface area contributed by atoms with Crippen molar-refractivity contribution in [2.75, 3.05) is 46.5 Å². The van der Waals surface area contributed by atoms with Crippen LogP contribution in [0.15, 0.2) is 35.7 Å². The molecule has 0 spiro atoms. The second-order valence-electron chi connectivity index (χ2n) is 8.44. The van der Waals surface area contributed by atoms with Gasteiger partial charge in [-0.25, -0.2) is 4.79 Å². The minimum absolute atomic E-state index is 0.00818. The molecule has 3 amide bonds. The molecule has 1 unspecified atom stereocenters. The van der Waals surface area contributed by atoms with E-state index in [2.05, 4.69) is 42.7 Å². The maximum absolute atomic E-state index is 13.4. The summed E-state index contributed by atoms with van der Waals surface area (Å²) in [5.74, 6) is 1.17. The summed E-state index contributed by atoms with van der Waals surface area (Å²) >= 11 is 1.72. The van der Waals surface area contributed by atoms with Crippen molar-refractivity contribution in [3.63, 3.8) is 0 Å². The summed E-state index contributed by atoms with van der Waals surface area (Å²) in [6, 6.07) is 9.78. The Morgan fingerprint density at radius 1 is 1.24 bits per heavy atom. The summed E-state index contributed by atoms with van der Waals surface area (Å²) < 4.78 is 11.3. The highest BCUT2D eigenvalue weighted by molar-refractivity contribution is 7.10. The first kappa shape index (κ1) is 25.1. The lowest BCUT2D eigenvalue weighted by Crippen LogP contribution is -2.50. The maximum atomic E-state index is 13.4. The molecule has 2 heterocycles. The fourth-order valence-corrected chi connectivity index (χ4v) is 4.90. The third-order valence-corrected chi connectivity index (χ3v) is 6.87. The van der Waals surface area contributed by atoms with Crippen molar-refractivity contribution >= 4 is 23.3 Å². The number of hydrogen-bond donors (Lipinski definition) is 1. The zero-order valence-electron chi connectivity index (χ0n) is 20.0. The van der Waals surface area contributed by atoms with E-state index in [9.17, 15) is 9.59 Å². The number of nitrogens with zero attached hydrogens (tertiary/aromatic N) is 2. The van der Waals surface area contributed by atoms with Gasteiger partial charge in [-0.3, -0.25) is 4.79 Å². The summed E-state index contributed by atoms with van der Waals surface area (Å²) in [6.45, 7) is 8.41. The SMILES string of the molecule is CCNC(=O)N(CCOC)CC(=O)N1CCc2sccc2C1COc1ccc(C(C)C)cc1. The van der Waals surface area contributed by atoms with Crippen molar-refractivity contribution in [1.82, 2.24) is 15.1 Å². The molecule has 1 N–H and O–H groups in total. The van der Waals surface area contributed by atoms with Crippen molar-refractivity contribution < 1.29 is 19.1 Å². The Bertz CT molecular complexity index is 913. The van der Waals surface area contributed by atoms with E-state index in [0.717, 1.165) is 17.7 Å². The van der Waals surface area contributed by atoms with Crippen LogP contribution in [0, 0.1) is 0 Å². The molecule has 1 aromatic heterocycles. The van der Waals surface area contributed by atoms with Crippen LogP contribution in [0.25, 0.3) is 0 Å². The molecule has 3 rings (SSSR count). The number of carbonyl (C=O) groups excluding carboxylic acids is 2. The van der Waals surface area contributed by atoms with Gasteiger partial charge in [0.05, 0.1) is 12.6 Å². The van der Waals surface area contributed by atoms with Gasteiger partial charge in [-0.1, -0.05) is 26.0 Å². The van der Waals surface area contributed by atoms with Crippen molar-refractivity contribution in [3.8, 4) is 5.75 Å². The number of thiophene rings is 1. The van der Waals surface area contributed by atoms with E-state index in [4.69, 9.17) is 9.47 Å². The largest absolute Gasteiger partial charge is 0.491 e. The molecule has 1 aromatic carbocycles. The summed E-state index contributed by atoms with van der Waals surface area (Å²) in [5, 5.41) is 4.85. The van der Waals surface area contributed by atoms with Crippen molar-refractivity contribution in [2.45, 2.75) is 39.2 Å². The Morgan fingerprint density at radius 3 is 2.67 bits per heavy atom. The van der Waals surface area contributed by atoms with Gasteiger partial charge in [0.25, 0.3) is 0 Å². The Morgan fingerprint density at radius 2 is 2.00 bits per heavy atom. The first-order valence-corrected chi connectivity index (χ1v) is 12.4. The highest BCUT2D eigenvalue weighted by atomic mass is 32.1. The third-order valence-electron chi connectivity index (χ3n) is 5.88. The Hall–Kier alpha value is -2.58. The van der Waals surface area contributed by atoms with Crippen LogP contribution in [0.2, 0.25) is 0 Å². The Balaban J connectivity index is 1.73. The van der Waals surface area contributed by atoms with Crippen LogP contribution in [0.5, 0.6) is 5.75 Å². The van der Waals surface area contributed by atoms with Crippen molar-refractivity contribution in [1.29, 1.82) is 0 Å². The minimum atomic E-state index is -0.255. The molecule has 1 aliphatic rings. The number of benzene rings is 1. The highest BCUT2D eigenvalue weighted by Gasteiger charge is 2.33. The van der Waals surface area contributed by atoms with Gasteiger partial charge in [-0.2, -0.15) is 0 Å². The lowest BCUT2D eigenvalue weighted by atomic mass is 10.00. The molecule has 1 atom stereocenters. The second-order valence-corrected chi connectivity index (χ2v) is 9.44. The zero-order valence-corrected chi connectivity index (χ0v) is 20.8. The van der Waals surface area contributed by atoms with Gasteiger partial charge >= 0.3 is 6.03 Å². The Labute approximate surface area is 200 Å². The molecule has 1 aliphatic heterocycles. The van der Waals surface area contributed by atoms with Crippen LogP contribution in [0.1, 0.15) is 48.7 Å². The molecule has 0 bridgehead atoms. The number of fused-ring (bicyclic) bond motifs is 1. The van der Waals surface area contributed by atoms with Gasteiger partial charge in [-0.05, 0) is 54.0 Å². The van der Waals surface area contributed by atoms with E-state index >= 15 is 0 Å². The minimum Gasteiger partial charge on any atom is -0.491 e. The number of nitrogens with one attached hydrogen (secondary N) is 1. The van der Waals surface area contributed by atoms with Crippen LogP contribution >= 0.6 is 11.3 Å². The second kappa shape index (κ2) is 12.0. The predicted octanol–water partition coefficient (Wildman–Crippen LogP) is 4.05. The van der Waals surface area contributed by atoms with Crippen molar-refractivity contribution in [3.05, 3.63) is 51.7 Å². The zero-order chi connectivity index (χ0) is 23.8. The number of ether oxygens (including phenoxy) is 2. The average Bonchev–Trinajstić information content (AvgIpc) is 3.29. The van der Waals surface area contributed by atoms with Crippen molar-refractivity contribution in [2.24, 2.45) is 0 Å².